The van der Waals surface area contributed by atoms with E-state index in [2.05, 4.69) is 0 Å². The van der Waals surface area contributed by atoms with E-state index in [1.807, 2.05) is 35.2 Å². The molecule has 4 heteroatoms. The van der Waals surface area contributed by atoms with Crippen molar-refractivity contribution in [2.75, 3.05) is 6.54 Å². The van der Waals surface area contributed by atoms with Crippen molar-refractivity contribution >= 4 is 6.09 Å². The van der Waals surface area contributed by atoms with Crippen LogP contribution >= 0.6 is 0 Å². The topological polar surface area (TPSA) is 49.8 Å². The summed E-state index contributed by atoms with van der Waals surface area (Å²) in [7, 11) is 0. The van der Waals surface area contributed by atoms with Crippen LogP contribution in [0.1, 0.15) is 50.5 Å². The molecule has 1 N–H and O–H groups in total. The quantitative estimate of drug-likeness (QED) is 0.899. The second kappa shape index (κ2) is 6.40. The molecule has 4 atom stereocenters. The van der Waals surface area contributed by atoms with Crippen molar-refractivity contribution in [3.05, 3.63) is 35.9 Å². The van der Waals surface area contributed by atoms with Crippen LogP contribution in [0, 0.1) is 11.8 Å². The summed E-state index contributed by atoms with van der Waals surface area (Å²) in [6, 6.07) is 9.98. The van der Waals surface area contributed by atoms with Gasteiger partial charge in [-0.3, -0.25) is 0 Å². The third-order valence-corrected chi connectivity index (χ3v) is 6.35. The van der Waals surface area contributed by atoms with Crippen LogP contribution in [0.4, 0.5) is 4.79 Å². The fourth-order valence-corrected chi connectivity index (χ4v) is 5.28. The van der Waals surface area contributed by atoms with Crippen LogP contribution in [0.3, 0.4) is 0 Å². The number of benzene rings is 1. The molecule has 1 aromatic carbocycles. The molecule has 1 amide bonds. The molecule has 24 heavy (non-hydrogen) atoms. The van der Waals surface area contributed by atoms with Gasteiger partial charge in [-0.2, -0.15) is 0 Å². The number of likely N-dealkylation sites (tertiary alicyclic amines) is 1. The van der Waals surface area contributed by atoms with Gasteiger partial charge in [-0.15, -0.1) is 0 Å². The first kappa shape index (κ1) is 15.9. The highest BCUT2D eigenvalue weighted by Crippen LogP contribution is 2.50. The van der Waals surface area contributed by atoms with E-state index in [4.69, 9.17) is 4.74 Å². The molecule has 0 aromatic heterocycles. The van der Waals surface area contributed by atoms with E-state index in [0.29, 0.717) is 12.5 Å². The maximum absolute atomic E-state index is 12.7. The Balaban J connectivity index is 1.45. The van der Waals surface area contributed by atoms with E-state index < -0.39 is 5.60 Å². The minimum absolute atomic E-state index is 0.158. The molecule has 1 aliphatic heterocycles. The summed E-state index contributed by atoms with van der Waals surface area (Å²) in [5.41, 5.74) is 0.461. The number of ether oxygens (including phenoxy) is 1. The van der Waals surface area contributed by atoms with E-state index >= 15 is 0 Å². The Morgan fingerprint density at radius 2 is 2.08 bits per heavy atom. The van der Waals surface area contributed by atoms with E-state index in [0.717, 1.165) is 50.6 Å². The van der Waals surface area contributed by atoms with Gasteiger partial charge in [0.05, 0.1) is 5.60 Å². The highest BCUT2D eigenvalue weighted by Gasteiger charge is 2.53. The lowest BCUT2D eigenvalue weighted by molar-refractivity contribution is -0.137. The predicted octanol–water partition coefficient (Wildman–Crippen LogP) is 3.73. The predicted molar refractivity (Wildman–Crippen MR) is 91.4 cm³/mol. The van der Waals surface area contributed by atoms with Crippen molar-refractivity contribution in [1.82, 2.24) is 4.90 Å². The Labute approximate surface area is 143 Å². The number of hydrogen-bond donors (Lipinski definition) is 1. The summed E-state index contributed by atoms with van der Waals surface area (Å²) in [6.45, 7) is 1.08. The van der Waals surface area contributed by atoms with Crippen molar-refractivity contribution in [1.29, 1.82) is 0 Å². The van der Waals surface area contributed by atoms with Gasteiger partial charge >= 0.3 is 6.09 Å². The van der Waals surface area contributed by atoms with E-state index in [1.165, 1.54) is 6.42 Å². The molecule has 3 aliphatic rings. The summed E-state index contributed by atoms with van der Waals surface area (Å²) < 4.78 is 5.58. The molecule has 2 bridgehead atoms. The SMILES string of the molecule is O=C(OCc1ccccc1)N1CCC[C@@H]2[C@H]1C[C@@H]1CCC[C@@]2(O)C1. The molecule has 1 saturated heterocycles. The summed E-state index contributed by atoms with van der Waals surface area (Å²) in [4.78, 5) is 14.6. The van der Waals surface area contributed by atoms with E-state index in [-0.39, 0.29) is 18.1 Å². The third-order valence-electron chi connectivity index (χ3n) is 6.35. The zero-order chi connectivity index (χ0) is 16.6. The van der Waals surface area contributed by atoms with Gasteiger partial charge in [-0.1, -0.05) is 43.2 Å². The molecule has 1 aromatic rings. The fraction of sp³-hybridized carbons (Fsp3) is 0.650. The number of nitrogens with zero attached hydrogens (tertiary/aromatic N) is 1. The Hall–Kier alpha value is -1.55. The molecule has 0 radical (unpaired) electrons. The van der Waals surface area contributed by atoms with Gasteiger partial charge in [0.1, 0.15) is 6.61 Å². The van der Waals surface area contributed by atoms with Gasteiger partial charge in [-0.25, -0.2) is 4.79 Å². The average molecular weight is 329 g/mol. The summed E-state index contributed by atoms with van der Waals surface area (Å²) in [5, 5.41) is 11.1. The summed E-state index contributed by atoms with van der Waals surface area (Å²) in [6.07, 6.45) is 6.98. The highest BCUT2D eigenvalue weighted by molar-refractivity contribution is 5.68. The normalized spacial score (nSPS) is 35.2. The van der Waals surface area contributed by atoms with Crippen LogP contribution < -0.4 is 0 Å². The monoisotopic (exact) mass is 329 g/mol. The molecular formula is C20H27NO3. The maximum atomic E-state index is 12.7. The Morgan fingerprint density at radius 3 is 2.92 bits per heavy atom. The summed E-state index contributed by atoms with van der Waals surface area (Å²) >= 11 is 0. The average Bonchev–Trinajstić information content (AvgIpc) is 2.60. The van der Waals surface area contributed by atoms with Gasteiger partial charge in [0.2, 0.25) is 0 Å². The number of aliphatic hydroxyl groups is 1. The van der Waals surface area contributed by atoms with Crippen LogP contribution in [-0.4, -0.2) is 34.3 Å². The molecule has 2 aliphatic carbocycles. The molecule has 4 rings (SSSR count). The molecule has 0 unspecified atom stereocenters. The van der Waals surface area contributed by atoms with Crippen molar-refractivity contribution in [2.24, 2.45) is 11.8 Å². The van der Waals surface area contributed by atoms with E-state index in [9.17, 15) is 9.90 Å². The summed E-state index contributed by atoms with van der Waals surface area (Å²) in [5.74, 6) is 0.791. The van der Waals surface area contributed by atoms with Crippen LogP contribution in [0.25, 0.3) is 0 Å². The van der Waals surface area contributed by atoms with Gasteiger partial charge in [0, 0.05) is 18.5 Å². The molecule has 130 valence electrons. The lowest BCUT2D eigenvalue weighted by Crippen LogP contribution is -2.61. The minimum Gasteiger partial charge on any atom is -0.445 e. The van der Waals surface area contributed by atoms with Crippen LogP contribution in [0.2, 0.25) is 0 Å². The van der Waals surface area contributed by atoms with Crippen molar-refractivity contribution in [2.45, 2.75) is 63.2 Å². The first-order chi connectivity index (χ1) is 11.7. The van der Waals surface area contributed by atoms with Crippen LogP contribution in [-0.2, 0) is 11.3 Å². The molecule has 0 spiro atoms. The Bertz CT molecular complexity index is 590. The Kier molecular flexibility index (Phi) is 4.25. The van der Waals surface area contributed by atoms with Gasteiger partial charge in [-0.05, 0) is 43.6 Å². The van der Waals surface area contributed by atoms with Crippen molar-refractivity contribution in [3.63, 3.8) is 0 Å². The molecule has 1 heterocycles. The van der Waals surface area contributed by atoms with Crippen LogP contribution in [0.5, 0.6) is 0 Å². The number of carbonyl (C=O) groups is 1. The van der Waals surface area contributed by atoms with Crippen molar-refractivity contribution < 1.29 is 14.6 Å². The first-order valence-corrected chi connectivity index (χ1v) is 9.35. The lowest BCUT2D eigenvalue weighted by atomic mass is 9.59. The second-order valence-corrected chi connectivity index (χ2v) is 7.85. The lowest BCUT2D eigenvalue weighted by Gasteiger charge is -2.55. The zero-order valence-electron chi connectivity index (χ0n) is 14.2. The molecular weight excluding hydrogens is 302 g/mol. The maximum Gasteiger partial charge on any atom is 0.410 e. The number of carbonyl (C=O) groups excluding carboxylic acids is 1. The van der Waals surface area contributed by atoms with Crippen molar-refractivity contribution in [3.8, 4) is 0 Å². The number of fused-ring (bicyclic) bond motifs is 4. The van der Waals surface area contributed by atoms with Crippen LogP contribution in [0.15, 0.2) is 30.3 Å². The smallest absolute Gasteiger partial charge is 0.410 e. The number of amides is 1. The zero-order valence-corrected chi connectivity index (χ0v) is 14.2. The van der Waals surface area contributed by atoms with Gasteiger partial charge < -0.3 is 14.7 Å². The van der Waals surface area contributed by atoms with Gasteiger partial charge in [0.25, 0.3) is 0 Å². The Morgan fingerprint density at radius 1 is 1.25 bits per heavy atom. The molecule has 3 fully saturated rings. The van der Waals surface area contributed by atoms with E-state index in [1.54, 1.807) is 0 Å². The number of rotatable bonds is 2. The number of hydrogen-bond acceptors (Lipinski definition) is 3. The largest absolute Gasteiger partial charge is 0.445 e. The first-order valence-electron chi connectivity index (χ1n) is 9.35. The van der Waals surface area contributed by atoms with Gasteiger partial charge in [0.15, 0.2) is 0 Å². The third kappa shape index (κ3) is 2.92. The fourth-order valence-electron chi connectivity index (χ4n) is 5.28. The highest BCUT2D eigenvalue weighted by atomic mass is 16.6. The second-order valence-electron chi connectivity index (χ2n) is 7.85. The minimum atomic E-state index is -0.551. The standard InChI is InChI=1S/C20H27NO3/c22-19(24-14-15-6-2-1-3-7-15)21-11-5-9-17-18(21)12-16-8-4-10-20(17,23)13-16/h1-3,6-7,16-18,23H,4-5,8-14H2/t16-,17+,18+,20+/m0/s1. The number of piperidine rings is 1. The molecule has 2 saturated carbocycles. The molecule has 4 nitrogen and oxygen atoms in total.